The molecule has 94 valence electrons. The van der Waals surface area contributed by atoms with Crippen LogP contribution in [-0.2, 0) is 11.1 Å². The van der Waals surface area contributed by atoms with Crippen LogP contribution >= 0.6 is 11.6 Å². The molecule has 17 heavy (non-hydrogen) atoms. The van der Waals surface area contributed by atoms with Gasteiger partial charge in [0, 0.05) is 5.02 Å². The van der Waals surface area contributed by atoms with E-state index in [1.54, 1.807) is 12.1 Å². The van der Waals surface area contributed by atoms with E-state index < -0.39 is 11.1 Å². The minimum absolute atomic E-state index is 0.246. The Morgan fingerprint density at radius 3 is 2.76 bits per heavy atom. The average Bonchev–Trinajstić information content (AvgIpc) is 2.80. The summed E-state index contributed by atoms with van der Waals surface area (Å²) in [4.78, 5) is 0.246. The lowest BCUT2D eigenvalue weighted by Crippen LogP contribution is -2.09. The fraction of sp³-hybridized carbons (Fsp3) is 0.500. The lowest BCUT2D eigenvalue weighted by atomic mass is 10.1. The van der Waals surface area contributed by atoms with Gasteiger partial charge in [0.05, 0.1) is 6.61 Å². The summed E-state index contributed by atoms with van der Waals surface area (Å²) in [6.07, 6.45) is 4.89. The number of halogens is 1. The van der Waals surface area contributed by atoms with Crippen molar-refractivity contribution in [3.05, 3.63) is 23.2 Å². The highest BCUT2D eigenvalue weighted by atomic mass is 35.5. The number of hydrogen-bond donors (Lipinski definition) is 1. The zero-order valence-corrected chi connectivity index (χ0v) is 11.0. The van der Waals surface area contributed by atoms with Crippen molar-refractivity contribution in [2.24, 2.45) is 5.92 Å². The maximum Gasteiger partial charge on any atom is 0.190 e. The summed E-state index contributed by atoms with van der Waals surface area (Å²) in [7, 11) is 0. The third-order valence-corrected chi connectivity index (χ3v) is 3.97. The van der Waals surface area contributed by atoms with Gasteiger partial charge in [0.1, 0.15) is 10.6 Å². The Balaban J connectivity index is 2.06. The second-order valence-electron chi connectivity index (χ2n) is 4.30. The van der Waals surface area contributed by atoms with E-state index in [4.69, 9.17) is 20.9 Å². The highest BCUT2D eigenvalue weighted by Gasteiger charge is 2.17. The van der Waals surface area contributed by atoms with E-state index in [0.717, 1.165) is 0 Å². The molecule has 1 aliphatic carbocycles. The zero-order valence-electron chi connectivity index (χ0n) is 9.39. The molecule has 0 aliphatic heterocycles. The maximum atomic E-state index is 11.1. The SMILES string of the molecule is O=S(O)c1cc(Cl)ccc1OCC1CCCC1. The van der Waals surface area contributed by atoms with Crippen molar-refractivity contribution in [1.82, 2.24) is 0 Å². The number of ether oxygens (including phenoxy) is 1. The molecule has 0 spiro atoms. The lowest BCUT2D eigenvalue weighted by Gasteiger charge is -2.13. The zero-order chi connectivity index (χ0) is 12.3. The Morgan fingerprint density at radius 1 is 1.41 bits per heavy atom. The third-order valence-electron chi connectivity index (χ3n) is 3.04. The summed E-state index contributed by atoms with van der Waals surface area (Å²) in [5.41, 5.74) is 0. The summed E-state index contributed by atoms with van der Waals surface area (Å²) < 4.78 is 25.9. The first-order valence-electron chi connectivity index (χ1n) is 5.70. The van der Waals surface area contributed by atoms with Crippen LogP contribution in [0.5, 0.6) is 5.75 Å². The van der Waals surface area contributed by atoms with Crippen molar-refractivity contribution >= 4 is 22.7 Å². The Hall–Kier alpha value is -0.580. The van der Waals surface area contributed by atoms with Crippen LogP contribution in [0.1, 0.15) is 25.7 Å². The summed E-state index contributed by atoms with van der Waals surface area (Å²) in [5.74, 6) is 1.03. The Labute approximate surface area is 108 Å². The van der Waals surface area contributed by atoms with Crippen LogP contribution in [0.2, 0.25) is 5.02 Å². The largest absolute Gasteiger partial charge is 0.492 e. The molecule has 1 saturated carbocycles. The van der Waals surface area contributed by atoms with Gasteiger partial charge >= 0.3 is 0 Å². The highest BCUT2D eigenvalue weighted by molar-refractivity contribution is 7.79. The molecule has 1 unspecified atom stereocenters. The maximum absolute atomic E-state index is 11.1. The molecule has 1 aliphatic rings. The van der Waals surface area contributed by atoms with Crippen molar-refractivity contribution in [2.75, 3.05) is 6.61 Å². The Bertz CT molecular complexity index is 416. The fourth-order valence-electron chi connectivity index (χ4n) is 2.12. The second kappa shape index (κ2) is 5.85. The predicted molar refractivity (Wildman–Crippen MR) is 67.9 cm³/mol. The van der Waals surface area contributed by atoms with Gasteiger partial charge < -0.3 is 9.29 Å². The lowest BCUT2D eigenvalue weighted by molar-refractivity contribution is 0.246. The molecule has 0 aromatic heterocycles. The van der Waals surface area contributed by atoms with E-state index in [0.29, 0.717) is 23.3 Å². The molecule has 1 aromatic rings. The Kier molecular flexibility index (Phi) is 4.42. The minimum Gasteiger partial charge on any atom is -0.492 e. The monoisotopic (exact) mass is 274 g/mol. The van der Waals surface area contributed by atoms with Crippen molar-refractivity contribution < 1.29 is 13.5 Å². The third kappa shape index (κ3) is 3.44. The number of hydrogen-bond acceptors (Lipinski definition) is 2. The molecule has 0 saturated heterocycles. The van der Waals surface area contributed by atoms with Crippen molar-refractivity contribution in [3.8, 4) is 5.75 Å². The summed E-state index contributed by atoms with van der Waals surface area (Å²) in [6, 6.07) is 4.80. The van der Waals surface area contributed by atoms with Gasteiger partial charge in [-0.15, -0.1) is 0 Å². The van der Waals surface area contributed by atoms with Crippen LogP contribution in [0.15, 0.2) is 23.1 Å². The minimum atomic E-state index is -2.06. The Morgan fingerprint density at radius 2 is 2.12 bits per heavy atom. The molecule has 0 radical (unpaired) electrons. The molecule has 1 fully saturated rings. The van der Waals surface area contributed by atoms with Crippen LogP contribution < -0.4 is 4.74 Å². The highest BCUT2D eigenvalue weighted by Crippen LogP contribution is 2.29. The van der Waals surface area contributed by atoms with Crippen LogP contribution in [0.4, 0.5) is 0 Å². The second-order valence-corrected chi connectivity index (χ2v) is 5.68. The molecule has 1 atom stereocenters. The molecule has 2 rings (SSSR count). The van der Waals surface area contributed by atoms with Gasteiger partial charge in [0.15, 0.2) is 11.1 Å². The first-order valence-corrected chi connectivity index (χ1v) is 7.18. The van der Waals surface area contributed by atoms with Gasteiger partial charge in [-0.3, -0.25) is 0 Å². The summed E-state index contributed by atoms with van der Waals surface area (Å²) in [5, 5.41) is 0.440. The molecule has 0 amide bonds. The molecule has 1 aromatic carbocycles. The normalized spacial score (nSPS) is 18.2. The molecule has 1 N–H and O–H groups in total. The smallest absolute Gasteiger partial charge is 0.190 e. The van der Waals surface area contributed by atoms with Gasteiger partial charge in [-0.05, 0) is 37.0 Å². The quantitative estimate of drug-likeness (QED) is 0.855. The van der Waals surface area contributed by atoms with Gasteiger partial charge in [0.2, 0.25) is 0 Å². The standard InChI is InChI=1S/C12H15ClO3S/c13-10-5-6-11(12(7-10)17(14)15)16-8-9-3-1-2-4-9/h5-7,9H,1-4,8H2,(H,14,15). The van der Waals surface area contributed by atoms with E-state index in [-0.39, 0.29) is 4.90 Å². The van der Waals surface area contributed by atoms with E-state index in [1.165, 1.54) is 31.7 Å². The summed E-state index contributed by atoms with van der Waals surface area (Å²) in [6.45, 7) is 0.617. The van der Waals surface area contributed by atoms with Crippen molar-refractivity contribution in [1.29, 1.82) is 0 Å². The number of benzene rings is 1. The van der Waals surface area contributed by atoms with Crippen molar-refractivity contribution in [3.63, 3.8) is 0 Å². The fourth-order valence-corrected chi connectivity index (χ4v) is 2.89. The topological polar surface area (TPSA) is 46.5 Å². The van der Waals surface area contributed by atoms with Crippen LogP contribution in [0.25, 0.3) is 0 Å². The van der Waals surface area contributed by atoms with Gasteiger partial charge in [-0.25, -0.2) is 4.21 Å². The molecule has 5 heteroatoms. The van der Waals surface area contributed by atoms with E-state index in [1.807, 2.05) is 0 Å². The molecule has 0 heterocycles. The van der Waals surface area contributed by atoms with Crippen LogP contribution in [-0.4, -0.2) is 15.4 Å². The molecular weight excluding hydrogens is 260 g/mol. The van der Waals surface area contributed by atoms with E-state index in [9.17, 15) is 4.21 Å². The van der Waals surface area contributed by atoms with E-state index in [2.05, 4.69) is 0 Å². The molecule has 3 nitrogen and oxygen atoms in total. The van der Waals surface area contributed by atoms with E-state index >= 15 is 0 Å². The van der Waals surface area contributed by atoms with Crippen LogP contribution in [0.3, 0.4) is 0 Å². The predicted octanol–water partition coefficient (Wildman–Crippen LogP) is 3.49. The molecule has 0 bridgehead atoms. The average molecular weight is 275 g/mol. The van der Waals surface area contributed by atoms with Crippen LogP contribution in [0, 0.1) is 5.92 Å². The molecular formula is C12H15ClO3S. The first kappa shape index (κ1) is 12.9. The summed E-state index contributed by atoms with van der Waals surface area (Å²) >= 11 is 3.72. The van der Waals surface area contributed by atoms with Gasteiger partial charge in [0.25, 0.3) is 0 Å². The van der Waals surface area contributed by atoms with Gasteiger partial charge in [-0.2, -0.15) is 0 Å². The van der Waals surface area contributed by atoms with Gasteiger partial charge in [-0.1, -0.05) is 24.4 Å². The number of rotatable bonds is 4. The first-order chi connectivity index (χ1) is 8.16. The van der Waals surface area contributed by atoms with Crippen molar-refractivity contribution in [2.45, 2.75) is 30.6 Å².